The Bertz CT molecular complexity index is 1040. The van der Waals surface area contributed by atoms with Crippen LogP contribution in [0, 0.1) is 17.2 Å². The molecule has 2 fully saturated rings. The Morgan fingerprint density at radius 3 is 2.60 bits per heavy atom. The van der Waals surface area contributed by atoms with Gasteiger partial charge in [0.05, 0.1) is 5.69 Å². The molecule has 0 saturated heterocycles. The molecule has 2 aliphatic rings. The summed E-state index contributed by atoms with van der Waals surface area (Å²) in [7, 11) is 0. The summed E-state index contributed by atoms with van der Waals surface area (Å²) in [4.78, 5) is 28.6. The van der Waals surface area contributed by atoms with E-state index in [1.54, 1.807) is 28.8 Å². The van der Waals surface area contributed by atoms with Crippen LogP contribution in [-0.2, 0) is 9.59 Å². The normalized spacial score (nSPS) is 17.9. The molecular formula is C22H24N4O4. The zero-order chi connectivity index (χ0) is 21.1. The van der Waals surface area contributed by atoms with Gasteiger partial charge in [-0.05, 0) is 56.7 Å². The van der Waals surface area contributed by atoms with Crippen molar-refractivity contribution >= 4 is 29.3 Å². The molecule has 2 N–H and O–H groups in total. The summed E-state index contributed by atoms with van der Waals surface area (Å²) in [5, 5.41) is 21.5. The molecule has 2 aromatic heterocycles. The van der Waals surface area contributed by atoms with Crippen molar-refractivity contribution in [2.24, 2.45) is 5.92 Å². The fourth-order valence-electron chi connectivity index (χ4n) is 4.25. The number of hydrogen-bond acceptors (Lipinski definition) is 5. The number of ether oxygens (including phenoxy) is 1. The molecular weight excluding hydrogens is 384 g/mol. The van der Waals surface area contributed by atoms with E-state index in [4.69, 9.17) is 4.74 Å². The molecule has 2 saturated carbocycles. The van der Waals surface area contributed by atoms with Gasteiger partial charge in [-0.3, -0.25) is 9.20 Å². The van der Waals surface area contributed by atoms with Gasteiger partial charge in [-0.25, -0.2) is 4.79 Å². The number of fused-ring (bicyclic) bond motifs is 1. The van der Waals surface area contributed by atoms with Crippen LogP contribution in [0.1, 0.15) is 57.1 Å². The number of carbonyl (C=O) groups excluding carboxylic acids is 1. The Morgan fingerprint density at radius 1 is 1.23 bits per heavy atom. The summed E-state index contributed by atoms with van der Waals surface area (Å²) in [6, 6.07) is 5.23. The molecule has 30 heavy (non-hydrogen) atoms. The molecule has 0 bridgehead atoms. The van der Waals surface area contributed by atoms with E-state index in [2.05, 4.69) is 10.3 Å². The number of aromatic nitrogens is 2. The summed E-state index contributed by atoms with van der Waals surface area (Å²) in [5.74, 6) is -1.06. The van der Waals surface area contributed by atoms with Crippen LogP contribution < -0.4 is 10.1 Å². The zero-order valence-corrected chi connectivity index (χ0v) is 16.6. The number of amides is 1. The van der Waals surface area contributed by atoms with Crippen molar-refractivity contribution in [3.05, 3.63) is 29.6 Å². The number of hydrogen-bond donors (Lipinski definition) is 2. The van der Waals surface area contributed by atoms with Gasteiger partial charge in [-0.2, -0.15) is 10.2 Å². The lowest BCUT2D eigenvalue weighted by Crippen LogP contribution is -2.20. The van der Waals surface area contributed by atoms with Crippen molar-refractivity contribution < 1.29 is 19.4 Å². The number of aliphatic carboxylic acids is 1. The molecule has 0 radical (unpaired) electrons. The van der Waals surface area contributed by atoms with Gasteiger partial charge in [-0.1, -0.05) is 12.8 Å². The van der Waals surface area contributed by atoms with Crippen LogP contribution in [0.2, 0.25) is 0 Å². The molecule has 0 unspecified atom stereocenters. The van der Waals surface area contributed by atoms with Gasteiger partial charge in [0.15, 0.2) is 5.65 Å². The maximum atomic E-state index is 12.6. The molecule has 1 amide bonds. The van der Waals surface area contributed by atoms with Gasteiger partial charge in [0.1, 0.15) is 23.4 Å². The number of anilines is 1. The Kier molecular flexibility index (Phi) is 5.70. The summed E-state index contributed by atoms with van der Waals surface area (Å²) < 4.78 is 7.75. The second-order valence-electron chi connectivity index (χ2n) is 7.89. The van der Waals surface area contributed by atoms with Crippen LogP contribution in [0.25, 0.3) is 11.7 Å². The first-order chi connectivity index (χ1) is 14.6. The first kappa shape index (κ1) is 20.0. The molecule has 2 aliphatic carbocycles. The van der Waals surface area contributed by atoms with Crippen LogP contribution in [0.3, 0.4) is 0 Å². The van der Waals surface area contributed by atoms with Crippen LogP contribution >= 0.6 is 0 Å². The predicted octanol–water partition coefficient (Wildman–Crippen LogP) is 3.78. The second-order valence-corrected chi connectivity index (χ2v) is 7.89. The lowest BCUT2D eigenvalue weighted by molar-refractivity contribution is -0.132. The summed E-state index contributed by atoms with van der Waals surface area (Å²) in [6.45, 7) is 0. The van der Waals surface area contributed by atoms with Crippen LogP contribution in [0.15, 0.2) is 23.9 Å². The fourth-order valence-corrected chi connectivity index (χ4v) is 4.25. The smallest absolute Gasteiger partial charge is 0.346 e. The van der Waals surface area contributed by atoms with Crippen molar-refractivity contribution in [1.29, 1.82) is 5.26 Å². The number of nitrogens with one attached hydrogen (secondary N) is 1. The number of carboxylic acids is 1. The van der Waals surface area contributed by atoms with E-state index in [0.29, 0.717) is 17.0 Å². The minimum absolute atomic E-state index is 0.00555. The van der Waals surface area contributed by atoms with E-state index in [-0.39, 0.29) is 23.8 Å². The average Bonchev–Trinajstić information content (AvgIpc) is 3.48. The van der Waals surface area contributed by atoms with Crippen LogP contribution in [0.5, 0.6) is 5.88 Å². The van der Waals surface area contributed by atoms with Gasteiger partial charge in [0.2, 0.25) is 11.8 Å². The highest BCUT2D eigenvalue weighted by molar-refractivity contribution is 5.98. The van der Waals surface area contributed by atoms with E-state index in [1.165, 1.54) is 6.08 Å². The van der Waals surface area contributed by atoms with Crippen molar-refractivity contribution in [2.75, 3.05) is 5.32 Å². The van der Waals surface area contributed by atoms with Crippen LogP contribution in [-0.4, -0.2) is 32.5 Å². The van der Waals surface area contributed by atoms with Gasteiger partial charge in [-0.15, -0.1) is 0 Å². The predicted molar refractivity (Wildman–Crippen MR) is 110 cm³/mol. The molecule has 4 rings (SSSR count). The third-order valence-corrected chi connectivity index (χ3v) is 5.85. The minimum atomic E-state index is -1.31. The van der Waals surface area contributed by atoms with Crippen molar-refractivity contribution in [1.82, 2.24) is 9.38 Å². The van der Waals surface area contributed by atoms with E-state index >= 15 is 0 Å². The topological polar surface area (TPSA) is 117 Å². The average molecular weight is 408 g/mol. The maximum absolute atomic E-state index is 12.6. The molecule has 2 heterocycles. The number of pyridine rings is 1. The summed E-state index contributed by atoms with van der Waals surface area (Å²) in [5.41, 5.74) is 0.978. The van der Waals surface area contributed by atoms with Gasteiger partial charge < -0.3 is 15.2 Å². The largest absolute Gasteiger partial charge is 0.477 e. The first-order valence-electron chi connectivity index (χ1n) is 10.4. The zero-order valence-electron chi connectivity index (χ0n) is 16.6. The number of nitrogens with zero attached hydrogens (tertiary/aromatic N) is 3. The van der Waals surface area contributed by atoms with Gasteiger partial charge in [0, 0.05) is 12.1 Å². The first-order valence-corrected chi connectivity index (χ1v) is 10.4. The molecule has 0 spiro atoms. The van der Waals surface area contributed by atoms with Gasteiger partial charge >= 0.3 is 5.97 Å². The third-order valence-electron chi connectivity index (χ3n) is 5.85. The van der Waals surface area contributed by atoms with Crippen LogP contribution in [0.4, 0.5) is 5.69 Å². The van der Waals surface area contributed by atoms with E-state index in [1.807, 2.05) is 0 Å². The SMILES string of the molecule is N#CC(=Cc1c(OC2CCCC2)nc2c(NC(=O)C3CCCC3)cccn12)C(=O)O. The standard InChI is InChI=1S/C22H24N4O4/c23-13-15(22(28)29)12-18-21(30-16-8-3-4-9-16)25-19-17(10-5-11-26(18)19)24-20(27)14-6-1-2-7-14/h5,10-12,14,16H,1-4,6-9H2,(H,24,27)(H,28,29). The number of carboxylic acid groups (broad SMARTS) is 1. The highest BCUT2D eigenvalue weighted by Gasteiger charge is 2.25. The lowest BCUT2D eigenvalue weighted by Gasteiger charge is -2.11. The number of imidazole rings is 1. The monoisotopic (exact) mass is 408 g/mol. The Labute approximate surface area is 174 Å². The van der Waals surface area contributed by atoms with E-state index in [0.717, 1.165) is 51.4 Å². The van der Waals surface area contributed by atoms with Gasteiger partial charge in [0.25, 0.3) is 0 Å². The van der Waals surface area contributed by atoms with E-state index in [9.17, 15) is 20.0 Å². The number of carbonyl (C=O) groups is 2. The molecule has 8 nitrogen and oxygen atoms in total. The maximum Gasteiger partial charge on any atom is 0.346 e. The second kappa shape index (κ2) is 8.57. The lowest BCUT2D eigenvalue weighted by atomic mass is 10.1. The minimum Gasteiger partial charge on any atom is -0.477 e. The summed E-state index contributed by atoms with van der Waals surface area (Å²) in [6.07, 6.45) is 10.9. The Balaban J connectivity index is 1.75. The Hall–Kier alpha value is -3.34. The molecule has 0 atom stereocenters. The quantitative estimate of drug-likeness (QED) is 0.555. The fraction of sp³-hybridized carbons (Fsp3) is 0.455. The Morgan fingerprint density at radius 2 is 1.93 bits per heavy atom. The molecule has 2 aromatic rings. The molecule has 156 valence electrons. The number of nitriles is 1. The molecule has 0 aliphatic heterocycles. The highest BCUT2D eigenvalue weighted by Crippen LogP contribution is 2.32. The molecule has 8 heteroatoms. The van der Waals surface area contributed by atoms with Crippen molar-refractivity contribution in [3.63, 3.8) is 0 Å². The number of rotatable bonds is 6. The van der Waals surface area contributed by atoms with Crippen molar-refractivity contribution in [3.8, 4) is 11.9 Å². The summed E-state index contributed by atoms with van der Waals surface area (Å²) >= 11 is 0. The molecule has 0 aromatic carbocycles. The highest BCUT2D eigenvalue weighted by atomic mass is 16.5. The van der Waals surface area contributed by atoms with Crippen molar-refractivity contribution in [2.45, 2.75) is 57.5 Å². The van der Waals surface area contributed by atoms with E-state index < -0.39 is 11.5 Å². The third kappa shape index (κ3) is 4.01.